The number of hydrogen-bond acceptors (Lipinski definition) is 12. The van der Waals surface area contributed by atoms with Crippen molar-refractivity contribution in [3.8, 4) is 0 Å². The monoisotopic (exact) mass is 1420 g/mol. The number of thiol groups is 6. The Morgan fingerprint density at radius 2 is 0.576 bits per heavy atom. The van der Waals surface area contributed by atoms with Crippen molar-refractivity contribution in [2.24, 2.45) is 11.3 Å². The van der Waals surface area contributed by atoms with E-state index in [4.69, 9.17) is 0 Å². The summed E-state index contributed by atoms with van der Waals surface area (Å²) in [5.41, 5.74) is 0.174. The summed E-state index contributed by atoms with van der Waals surface area (Å²) in [6, 6.07) is 0. The summed E-state index contributed by atoms with van der Waals surface area (Å²) in [5.74, 6) is 9.85. The summed E-state index contributed by atoms with van der Waals surface area (Å²) in [4.78, 5) is 0. The lowest BCUT2D eigenvalue weighted by molar-refractivity contribution is 0.0376. The Labute approximate surface area is 592 Å². The molecule has 0 nitrogen and oxygen atoms in total. The van der Waals surface area contributed by atoms with Crippen LogP contribution in [0, 0.1) is 11.3 Å². The summed E-state index contributed by atoms with van der Waals surface area (Å²) in [6.45, 7) is 0. The molecule has 2 unspecified atom stereocenters. The minimum Gasteiger partial charge on any atom is -0.179 e. The second-order valence-corrected chi connectivity index (χ2v) is 44.8. The van der Waals surface area contributed by atoms with E-state index in [9.17, 15) is 0 Å². The van der Waals surface area contributed by atoms with Crippen LogP contribution in [-0.4, -0.2) is 50.8 Å². The van der Waals surface area contributed by atoms with Gasteiger partial charge in [0.05, 0.1) is 0 Å². The van der Waals surface area contributed by atoms with Crippen LogP contribution in [0.1, 0.15) is 392 Å². The summed E-state index contributed by atoms with van der Waals surface area (Å²) in [7, 11) is 14.3. The Kier molecular flexibility index (Phi) is 73.6. The summed E-state index contributed by atoms with van der Waals surface area (Å²) >= 11 is 27.0. The third kappa shape index (κ3) is 53.4. The summed E-state index contributed by atoms with van der Waals surface area (Å²) in [6.07, 6.45) is 87.1. The first-order valence-corrected chi connectivity index (χ1v) is 51.2. The molecule has 1 aliphatic rings. The average Bonchev–Trinajstić information content (AvgIpc) is 1.56. The minimum absolute atomic E-state index is 0.246. The van der Waals surface area contributed by atoms with Crippen LogP contribution in [0.2, 0.25) is 0 Å². The lowest BCUT2D eigenvalue weighted by Gasteiger charge is -2.56. The zero-order valence-corrected chi connectivity index (χ0v) is 67.1. The van der Waals surface area contributed by atoms with E-state index in [0.717, 1.165) is 40.4 Å². The Bertz CT molecular complexity index is 1220. The van der Waals surface area contributed by atoms with E-state index in [1.807, 2.05) is 0 Å². The van der Waals surface area contributed by atoms with Gasteiger partial charge in [0, 0.05) is 16.3 Å². The molecule has 0 aromatic carbocycles. The first-order valence-electron chi connectivity index (χ1n) is 37.5. The van der Waals surface area contributed by atoms with Gasteiger partial charge in [-0.05, 0) is 167 Å². The minimum atomic E-state index is -0.246. The fourth-order valence-corrected chi connectivity index (χ4v) is 40.7. The van der Waals surface area contributed by atoms with E-state index in [2.05, 4.69) is 139 Å². The fourth-order valence-electron chi connectivity index (χ4n) is 13.9. The van der Waals surface area contributed by atoms with Gasteiger partial charge in [-0.15, -0.1) is 0 Å². The van der Waals surface area contributed by atoms with Gasteiger partial charge in [-0.25, -0.2) is 0 Å². The molecule has 0 N–H and O–H groups in total. The van der Waals surface area contributed by atoms with Crippen molar-refractivity contribution in [3.05, 3.63) is 0 Å². The van der Waals surface area contributed by atoms with E-state index >= 15 is 0 Å². The van der Waals surface area contributed by atoms with Gasteiger partial charge >= 0.3 is 0 Å². The average molecular weight is 1430 g/mol. The normalized spacial score (nSPS) is 16.6. The van der Waals surface area contributed by atoms with Gasteiger partial charge in [0.1, 0.15) is 5.53 Å². The van der Waals surface area contributed by atoms with Crippen LogP contribution in [0.4, 0.5) is 0 Å². The summed E-state index contributed by atoms with van der Waals surface area (Å²) < 4.78 is 0.351. The molecule has 13 heteroatoms. The number of unbranched alkanes of at least 4 members (excludes halogenated alkanes) is 48. The lowest BCUT2D eigenvalue weighted by atomic mass is 9.56. The lowest BCUT2D eigenvalue weighted by Crippen LogP contribution is -2.51. The smallest absolute Gasteiger partial charge is 0.106 e. The molecule has 0 spiro atoms. The molecule has 0 aliphatic carbocycles. The first-order chi connectivity index (χ1) is 42.1. The molecule has 0 amide bonds. The predicted octanol–water partition coefficient (Wildman–Crippen LogP) is 31.1. The van der Waals surface area contributed by atoms with Crippen molar-refractivity contribution in [1.82, 2.24) is 0 Å². The molecule has 1 fully saturated rings. The van der Waals surface area contributed by atoms with E-state index in [0.29, 0.717) is 10.2 Å². The molecule has 0 bridgehead atoms. The second-order valence-electron chi connectivity index (χ2n) is 26.4. The standard InChI is InChI=1S/C72H145PS12/c74-62-48-36-26-16-6-1-11-21-31-43-56-70-57-55-69-81-84-73(83-80-68-54-42-41-53-67-79)85-82-72(60-46-34-24-14-4-9-19-29-39-51-65-77,61-47-35-25-15-5-10-20-30-40-52-66-78)71(70,58-44-32-22-12-2-7-17-27-37-49-63-75)59-45-33-23-13-3-8-18-28-38-50-64-76/h70,74-79H,1-69H2. The molecule has 0 aromatic heterocycles. The molecule has 0 saturated carbocycles. The van der Waals surface area contributed by atoms with Crippen molar-refractivity contribution in [3.63, 3.8) is 0 Å². The second kappa shape index (κ2) is 71.4. The maximum atomic E-state index is 4.54. The molecule has 1 heterocycles. The molecule has 1 saturated heterocycles. The van der Waals surface area contributed by atoms with Gasteiger partial charge < -0.3 is 0 Å². The fraction of sp³-hybridized carbons (Fsp3) is 1.00. The van der Waals surface area contributed by atoms with Crippen LogP contribution in [0.3, 0.4) is 0 Å². The summed E-state index contributed by atoms with van der Waals surface area (Å²) in [5, 5.41) is 0. The van der Waals surface area contributed by atoms with Gasteiger partial charge in [-0.1, -0.05) is 334 Å². The van der Waals surface area contributed by atoms with Gasteiger partial charge in [-0.2, -0.15) is 75.8 Å². The predicted molar refractivity (Wildman–Crippen MR) is 436 cm³/mol. The topological polar surface area (TPSA) is 0 Å². The highest BCUT2D eigenvalue weighted by molar-refractivity contribution is 9.41. The van der Waals surface area contributed by atoms with Crippen molar-refractivity contribution >= 4 is 145 Å². The molecule has 0 aromatic rings. The van der Waals surface area contributed by atoms with Gasteiger partial charge in [0.2, 0.25) is 0 Å². The molecule has 85 heavy (non-hydrogen) atoms. The SMILES string of the molecule is SCCCCCCCCCCCCC1CCCSSP(SSCCCCCCS)SSC(CCCCCCCCCCCCS)(CCCCCCCCCCCCS)C1(CCCCCCCCCCCCS)CCCCCCCCCCCCS. The highest BCUT2D eigenvalue weighted by Crippen LogP contribution is 2.82. The van der Waals surface area contributed by atoms with Crippen LogP contribution in [0.5, 0.6) is 0 Å². The van der Waals surface area contributed by atoms with E-state index in [-0.39, 0.29) is 5.53 Å². The number of hydrogen-bond donors (Lipinski definition) is 6. The molecule has 1 aliphatic heterocycles. The van der Waals surface area contributed by atoms with Crippen LogP contribution >= 0.6 is 145 Å². The van der Waals surface area contributed by atoms with Crippen LogP contribution in [0.15, 0.2) is 0 Å². The van der Waals surface area contributed by atoms with Gasteiger partial charge in [0.25, 0.3) is 0 Å². The highest BCUT2D eigenvalue weighted by Gasteiger charge is 2.54. The third-order valence-electron chi connectivity index (χ3n) is 19.1. The molecular formula is C72H145PS12. The van der Waals surface area contributed by atoms with E-state index < -0.39 is 0 Å². The Balaban J connectivity index is 3.83. The zero-order chi connectivity index (χ0) is 61.2. The van der Waals surface area contributed by atoms with Gasteiger partial charge in [-0.3, -0.25) is 0 Å². The van der Waals surface area contributed by atoms with Crippen molar-refractivity contribution in [2.45, 2.75) is 396 Å². The maximum absolute atomic E-state index is 4.54. The Morgan fingerprint density at radius 1 is 0.306 bits per heavy atom. The van der Waals surface area contributed by atoms with Crippen LogP contribution < -0.4 is 0 Å². The molecule has 1 rings (SSSR count). The Hall–Kier alpha value is 4.63. The van der Waals surface area contributed by atoms with Crippen molar-refractivity contribution in [2.75, 3.05) is 46.0 Å². The number of rotatable bonds is 68. The third-order valence-corrected chi connectivity index (χ3v) is 43.3. The van der Waals surface area contributed by atoms with Crippen LogP contribution in [0.25, 0.3) is 0 Å². The van der Waals surface area contributed by atoms with Crippen molar-refractivity contribution < 1.29 is 0 Å². The zero-order valence-electron chi connectivity index (χ0n) is 55.9. The molecule has 0 radical (unpaired) electrons. The molecule has 2 atom stereocenters. The molecular weight excluding hydrogens is 1280 g/mol. The van der Waals surface area contributed by atoms with E-state index in [1.54, 1.807) is 0 Å². The largest absolute Gasteiger partial charge is 0.179 e. The quantitative estimate of drug-likeness (QED) is 0.0154. The first kappa shape index (κ1) is 87.6. The van der Waals surface area contributed by atoms with E-state index in [1.165, 1.54) is 403 Å². The Morgan fingerprint density at radius 3 is 0.894 bits per heavy atom. The highest BCUT2D eigenvalue weighted by atomic mass is 33.8. The maximum Gasteiger partial charge on any atom is 0.106 e. The van der Waals surface area contributed by atoms with Crippen LogP contribution in [-0.2, 0) is 0 Å². The van der Waals surface area contributed by atoms with Gasteiger partial charge in [0.15, 0.2) is 0 Å². The molecule has 510 valence electrons. The van der Waals surface area contributed by atoms with Crippen molar-refractivity contribution in [1.29, 1.82) is 0 Å².